The van der Waals surface area contributed by atoms with Gasteiger partial charge in [0.15, 0.2) is 6.10 Å². The normalized spacial score (nSPS) is 26.2. The van der Waals surface area contributed by atoms with Crippen molar-refractivity contribution < 1.29 is 9.53 Å². The third kappa shape index (κ3) is 1.19. The molecule has 0 aromatic rings. The van der Waals surface area contributed by atoms with E-state index in [0.29, 0.717) is 5.90 Å². The summed E-state index contributed by atoms with van der Waals surface area (Å²) in [5.41, 5.74) is 2.31. The van der Waals surface area contributed by atoms with Crippen LogP contribution in [0.5, 0.6) is 0 Å². The second kappa shape index (κ2) is 2.05. The molecule has 0 radical (unpaired) electrons. The second-order valence-corrected chi connectivity index (χ2v) is 1.87. The van der Waals surface area contributed by atoms with Crippen molar-refractivity contribution >= 4 is 11.8 Å². The van der Waals surface area contributed by atoms with E-state index in [2.05, 4.69) is 10.5 Å². The minimum absolute atomic E-state index is 0.194. The van der Waals surface area contributed by atoms with E-state index in [9.17, 15) is 4.79 Å². The molecule has 1 atom stereocenters. The van der Waals surface area contributed by atoms with Crippen molar-refractivity contribution in [3.05, 3.63) is 0 Å². The van der Waals surface area contributed by atoms with Crippen LogP contribution in [-0.4, -0.2) is 17.9 Å². The Labute approximate surface area is 52.9 Å². The van der Waals surface area contributed by atoms with Gasteiger partial charge in [0.25, 0.3) is 5.91 Å². The number of carbonyl (C=O) groups excluding carboxylic acids is 1. The molecule has 1 aliphatic rings. The van der Waals surface area contributed by atoms with Crippen LogP contribution in [0.25, 0.3) is 0 Å². The van der Waals surface area contributed by atoms with Crippen LogP contribution in [0.4, 0.5) is 0 Å². The molecule has 0 fully saturated rings. The molecule has 4 heteroatoms. The van der Waals surface area contributed by atoms with Crippen LogP contribution in [0, 0.1) is 0 Å². The molecule has 50 valence electrons. The van der Waals surface area contributed by atoms with Gasteiger partial charge in [0.1, 0.15) is 0 Å². The zero-order valence-corrected chi connectivity index (χ0v) is 5.34. The lowest BCUT2D eigenvalue weighted by atomic mass is 10.4. The third-order valence-electron chi connectivity index (χ3n) is 1.04. The third-order valence-corrected chi connectivity index (χ3v) is 1.04. The first-order valence-electron chi connectivity index (χ1n) is 2.71. The summed E-state index contributed by atoms with van der Waals surface area (Å²) in [6.07, 6.45) is -0.400. The summed E-state index contributed by atoms with van der Waals surface area (Å²) in [5.74, 6) is 0.308. The van der Waals surface area contributed by atoms with Crippen LogP contribution in [0.15, 0.2) is 5.10 Å². The molecular weight excluding hydrogens is 120 g/mol. The van der Waals surface area contributed by atoms with Crippen LogP contribution in [0.1, 0.15) is 13.8 Å². The number of carbonyl (C=O) groups is 1. The van der Waals surface area contributed by atoms with E-state index in [1.54, 1.807) is 13.8 Å². The molecule has 1 amide bonds. The van der Waals surface area contributed by atoms with Gasteiger partial charge in [0.2, 0.25) is 5.90 Å². The highest BCUT2D eigenvalue weighted by molar-refractivity contribution is 5.87. The van der Waals surface area contributed by atoms with Crippen LogP contribution in [0.3, 0.4) is 0 Å². The Morgan fingerprint density at radius 1 is 1.78 bits per heavy atom. The van der Waals surface area contributed by atoms with Crippen LogP contribution < -0.4 is 5.43 Å². The zero-order valence-electron chi connectivity index (χ0n) is 5.34. The molecule has 0 aliphatic carbocycles. The highest BCUT2D eigenvalue weighted by Crippen LogP contribution is 1.96. The standard InChI is InChI=1S/C5H8N2O2/c1-3-5(8)7-6-4(2)9-3/h3H,1-2H3,(H,7,8). The highest BCUT2D eigenvalue weighted by Gasteiger charge is 2.18. The van der Waals surface area contributed by atoms with Crippen molar-refractivity contribution in [2.24, 2.45) is 5.10 Å². The number of rotatable bonds is 0. The average molecular weight is 128 g/mol. The predicted molar refractivity (Wildman–Crippen MR) is 31.8 cm³/mol. The van der Waals surface area contributed by atoms with Crippen LogP contribution in [0.2, 0.25) is 0 Å². The van der Waals surface area contributed by atoms with E-state index in [1.165, 1.54) is 0 Å². The number of nitrogens with zero attached hydrogens (tertiary/aromatic N) is 1. The van der Waals surface area contributed by atoms with E-state index >= 15 is 0 Å². The number of hydrogen-bond acceptors (Lipinski definition) is 3. The number of amides is 1. The molecule has 9 heavy (non-hydrogen) atoms. The summed E-state index contributed by atoms with van der Waals surface area (Å²) < 4.78 is 4.94. The van der Waals surface area contributed by atoms with Gasteiger partial charge in [-0.05, 0) is 6.92 Å². The van der Waals surface area contributed by atoms with E-state index in [4.69, 9.17) is 4.74 Å². The Morgan fingerprint density at radius 2 is 2.44 bits per heavy atom. The minimum atomic E-state index is -0.400. The SMILES string of the molecule is CC1=NNC(=O)C(C)O1. The molecule has 0 spiro atoms. The molecule has 0 bridgehead atoms. The van der Waals surface area contributed by atoms with E-state index in [0.717, 1.165) is 0 Å². The summed E-state index contributed by atoms with van der Waals surface area (Å²) in [7, 11) is 0. The van der Waals surface area contributed by atoms with Crippen LogP contribution in [-0.2, 0) is 9.53 Å². The molecule has 1 rings (SSSR count). The lowest BCUT2D eigenvalue weighted by Gasteiger charge is -2.16. The average Bonchev–Trinajstić information content (AvgIpc) is 1.80. The Kier molecular flexibility index (Phi) is 1.38. The van der Waals surface area contributed by atoms with Gasteiger partial charge in [0.05, 0.1) is 0 Å². The van der Waals surface area contributed by atoms with Gasteiger partial charge in [-0.15, -0.1) is 5.10 Å². The highest BCUT2D eigenvalue weighted by atomic mass is 16.5. The fourth-order valence-electron chi connectivity index (χ4n) is 0.560. The van der Waals surface area contributed by atoms with Crippen molar-refractivity contribution in [1.82, 2.24) is 5.43 Å². The van der Waals surface area contributed by atoms with E-state index < -0.39 is 6.10 Å². The van der Waals surface area contributed by atoms with E-state index in [1.807, 2.05) is 0 Å². The number of hydrogen-bond donors (Lipinski definition) is 1. The maximum atomic E-state index is 10.6. The van der Waals surface area contributed by atoms with Crippen molar-refractivity contribution in [2.45, 2.75) is 20.0 Å². The van der Waals surface area contributed by atoms with E-state index in [-0.39, 0.29) is 5.91 Å². The van der Waals surface area contributed by atoms with Gasteiger partial charge in [-0.2, -0.15) is 0 Å². The molecule has 0 saturated carbocycles. The van der Waals surface area contributed by atoms with Crippen molar-refractivity contribution in [3.63, 3.8) is 0 Å². The van der Waals surface area contributed by atoms with Gasteiger partial charge in [-0.25, -0.2) is 5.43 Å². The summed E-state index contributed by atoms with van der Waals surface area (Å²) >= 11 is 0. The maximum Gasteiger partial charge on any atom is 0.280 e. The minimum Gasteiger partial charge on any atom is -0.467 e. The molecule has 1 unspecified atom stereocenters. The molecule has 1 heterocycles. The zero-order chi connectivity index (χ0) is 6.85. The second-order valence-electron chi connectivity index (χ2n) is 1.87. The molecule has 0 aromatic heterocycles. The first-order chi connectivity index (χ1) is 4.20. The molecule has 4 nitrogen and oxygen atoms in total. The Morgan fingerprint density at radius 3 is 2.89 bits per heavy atom. The first-order valence-corrected chi connectivity index (χ1v) is 2.71. The Hall–Kier alpha value is -1.06. The topological polar surface area (TPSA) is 50.7 Å². The number of ether oxygens (including phenoxy) is 1. The summed E-state index contributed by atoms with van der Waals surface area (Å²) in [6.45, 7) is 3.36. The summed E-state index contributed by atoms with van der Waals surface area (Å²) in [4.78, 5) is 10.6. The van der Waals surface area contributed by atoms with Gasteiger partial charge in [0, 0.05) is 6.92 Å². The number of nitrogens with one attached hydrogen (secondary N) is 1. The van der Waals surface area contributed by atoms with Crippen molar-refractivity contribution in [3.8, 4) is 0 Å². The quantitative estimate of drug-likeness (QED) is 0.493. The van der Waals surface area contributed by atoms with Gasteiger partial charge < -0.3 is 4.74 Å². The van der Waals surface area contributed by atoms with Crippen molar-refractivity contribution in [1.29, 1.82) is 0 Å². The predicted octanol–water partition coefficient (Wildman–Crippen LogP) is -0.145. The smallest absolute Gasteiger partial charge is 0.280 e. The maximum absolute atomic E-state index is 10.6. The Balaban J connectivity index is 2.65. The van der Waals surface area contributed by atoms with Gasteiger partial charge in [-0.3, -0.25) is 4.79 Å². The fourth-order valence-corrected chi connectivity index (χ4v) is 0.560. The monoisotopic (exact) mass is 128 g/mol. The Bertz CT molecular complexity index is 164. The summed E-state index contributed by atoms with van der Waals surface area (Å²) in [5, 5.41) is 3.56. The lowest BCUT2D eigenvalue weighted by molar-refractivity contribution is -0.129. The first kappa shape index (κ1) is 6.07. The van der Waals surface area contributed by atoms with Crippen LogP contribution >= 0.6 is 0 Å². The van der Waals surface area contributed by atoms with Gasteiger partial charge in [-0.1, -0.05) is 0 Å². The molecule has 0 saturated heterocycles. The molecule has 1 N–H and O–H groups in total. The molecule has 1 aliphatic heterocycles. The molecular formula is C5H8N2O2. The summed E-state index contributed by atoms with van der Waals surface area (Å²) in [6, 6.07) is 0. The lowest BCUT2D eigenvalue weighted by Crippen LogP contribution is -2.37. The largest absolute Gasteiger partial charge is 0.467 e. The van der Waals surface area contributed by atoms with Crippen molar-refractivity contribution in [2.75, 3.05) is 0 Å². The van der Waals surface area contributed by atoms with Gasteiger partial charge >= 0.3 is 0 Å². The number of hydrazone groups is 1. The fraction of sp³-hybridized carbons (Fsp3) is 0.600. The molecule has 0 aromatic carbocycles.